The van der Waals surface area contributed by atoms with Gasteiger partial charge >= 0.3 is 0 Å². The molecule has 5 heteroatoms. The lowest BCUT2D eigenvalue weighted by Gasteiger charge is -2.11. The Bertz CT molecular complexity index is 717. The summed E-state index contributed by atoms with van der Waals surface area (Å²) in [5.41, 5.74) is 11.0. The van der Waals surface area contributed by atoms with Gasteiger partial charge in [0.1, 0.15) is 0 Å². The van der Waals surface area contributed by atoms with E-state index in [1.165, 1.54) is 5.56 Å². The van der Waals surface area contributed by atoms with E-state index in [1.807, 2.05) is 24.4 Å². The fourth-order valence-electron chi connectivity index (χ4n) is 2.03. The summed E-state index contributed by atoms with van der Waals surface area (Å²) in [6.45, 7) is 2.77. The highest BCUT2D eigenvalue weighted by atomic mass is 15.1. The average molecular weight is 253 g/mol. The van der Waals surface area contributed by atoms with Gasteiger partial charge in [-0.3, -0.25) is 10.1 Å². The summed E-state index contributed by atoms with van der Waals surface area (Å²) in [4.78, 5) is 4.13. The van der Waals surface area contributed by atoms with Crippen molar-refractivity contribution in [3.05, 3.63) is 47.9 Å². The van der Waals surface area contributed by atoms with Gasteiger partial charge in [-0.2, -0.15) is 5.10 Å². The number of anilines is 2. The molecule has 0 amide bonds. The van der Waals surface area contributed by atoms with Crippen LogP contribution in [-0.4, -0.2) is 15.2 Å². The third-order valence-corrected chi connectivity index (χ3v) is 3.23. The Kier molecular flexibility index (Phi) is 2.79. The third-order valence-electron chi connectivity index (χ3n) is 3.23. The molecule has 0 spiro atoms. The monoisotopic (exact) mass is 253 g/mol. The number of pyridine rings is 1. The van der Waals surface area contributed by atoms with Crippen molar-refractivity contribution in [2.24, 2.45) is 0 Å². The maximum atomic E-state index is 6.03. The summed E-state index contributed by atoms with van der Waals surface area (Å²) in [7, 11) is 0. The van der Waals surface area contributed by atoms with Gasteiger partial charge in [-0.15, -0.1) is 0 Å². The molecule has 4 N–H and O–H groups in total. The van der Waals surface area contributed by atoms with E-state index in [4.69, 9.17) is 5.73 Å². The molecule has 0 unspecified atom stereocenters. The van der Waals surface area contributed by atoms with Gasteiger partial charge in [-0.05, 0) is 36.2 Å². The largest absolute Gasteiger partial charge is 0.397 e. The number of rotatable bonds is 3. The molecule has 3 rings (SSSR count). The van der Waals surface area contributed by atoms with Crippen LogP contribution in [0.3, 0.4) is 0 Å². The smallest absolute Gasteiger partial charge is 0.0672 e. The summed E-state index contributed by atoms with van der Waals surface area (Å²) in [6, 6.07) is 5.89. The molecule has 0 aliphatic heterocycles. The van der Waals surface area contributed by atoms with Gasteiger partial charge in [0.25, 0.3) is 0 Å². The highest BCUT2D eigenvalue weighted by molar-refractivity contribution is 5.88. The Balaban J connectivity index is 1.85. The van der Waals surface area contributed by atoms with E-state index in [1.54, 1.807) is 12.4 Å². The molecule has 0 fully saturated rings. The van der Waals surface area contributed by atoms with Crippen molar-refractivity contribution in [1.82, 2.24) is 15.2 Å². The molecule has 2 heterocycles. The van der Waals surface area contributed by atoms with Gasteiger partial charge < -0.3 is 11.1 Å². The second-order valence-corrected chi connectivity index (χ2v) is 4.55. The van der Waals surface area contributed by atoms with Crippen molar-refractivity contribution in [2.75, 3.05) is 11.1 Å². The molecule has 96 valence electrons. The van der Waals surface area contributed by atoms with Crippen molar-refractivity contribution in [3.63, 3.8) is 0 Å². The molecule has 0 saturated heterocycles. The van der Waals surface area contributed by atoms with E-state index in [0.717, 1.165) is 27.8 Å². The molecule has 0 atom stereocenters. The number of aromatic amines is 1. The quantitative estimate of drug-likeness (QED) is 0.626. The minimum atomic E-state index is 0.698. The summed E-state index contributed by atoms with van der Waals surface area (Å²) in [5, 5.41) is 11.3. The molecular weight excluding hydrogens is 238 g/mol. The van der Waals surface area contributed by atoms with Crippen molar-refractivity contribution in [1.29, 1.82) is 0 Å². The molecule has 0 saturated carbocycles. The van der Waals surface area contributed by atoms with E-state index >= 15 is 0 Å². The van der Waals surface area contributed by atoms with Gasteiger partial charge in [0.05, 0.1) is 23.1 Å². The van der Waals surface area contributed by atoms with Gasteiger partial charge in [0.2, 0.25) is 0 Å². The number of nitrogens with one attached hydrogen (secondary N) is 2. The molecule has 0 radical (unpaired) electrons. The van der Waals surface area contributed by atoms with Crippen LogP contribution in [0.2, 0.25) is 0 Å². The molecule has 19 heavy (non-hydrogen) atoms. The molecule has 1 aromatic carbocycles. The summed E-state index contributed by atoms with van der Waals surface area (Å²) in [6.07, 6.45) is 5.43. The van der Waals surface area contributed by atoms with Crippen molar-refractivity contribution in [3.8, 4) is 0 Å². The highest BCUT2D eigenvalue weighted by Gasteiger charge is 2.04. The Morgan fingerprint density at radius 3 is 3.05 bits per heavy atom. The molecule has 0 bridgehead atoms. The van der Waals surface area contributed by atoms with E-state index in [2.05, 4.69) is 27.4 Å². The SMILES string of the molecule is Cc1ccncc1CNc1cc2[nH]ncc2cc1N. The van der Waals surface area contributed by atoms with Crippen LogP contribution in [0.5, 0.6) is 0 Å². The molecule has 3 aromatic rings. The Morgan fingerprint density at radius 1 is 1.32 bits per heavy atom. The zero-order valence-corrected chi connectivity index (χ0v) is 10.6. The Hall–Kier alpha value is -2.56. The zero-order chi connectivity index (χ0) is 13.2. The Morgan fingerprint density at radius 2 is 2.21 bits per heavy atom. The number of H-pyrrole nitrogens is 1. The normalized spacial score (nSPS) is 10.8. The lowest BCUT2D eigenvalue weighted by Crippen LogP contribution is -2.04. The lowest BCUT2D eigenvalue weighted by atomic mass is 10.1. The number of hydrogen-bond donors (Lipinski definition) is 3. The summed E-state index contributed by atoms with van der Waals surface area (Å²) >= 11 is 0. The molecule has 0 aliphatic carbocycles. The fraction of sp³-hybridized carbons (Fsp3) is 0.143. The van der Waals surface area contributed by atoms with Crippen LogP contribution in [0.4, 0.5) is 11.4 Å². The predicted octanol–water partition coefficient (Wildman–Crippen LogP) is 2.46. The lowest BCUT2D eigenvalue weighted by molar-refractivity contribution is 1.08. The van der Waals surface area contributed by atoms with Crippen LogP contribution in [0.1, 0.15) is 11.1 Å². The fourth-order valence-corrected chi connectivity index (χ4v) is 2.03. The second-order valence-electron chi connectivity index (χ2n) is 4.55. The van der Waals surface area contributed by atoms with Crippen LogP contribution in [0.25, 0.3) is 10.9 Å². The number of fused-ring (bicyclic) bond motifs is 1. The van der Waals surface area contributed by atoms with Crippen molar-refractivity contribution >= 4 is 22.3 Å². The molecular formula is C14H15N5. The first-order chi connectivity index (χ1) is 9.24. The first-order valence-electron chi connectivity index (χ1n) is 6.10. The number of nitrogen functional groups attached to an aromatic ring is 1. The van der Waals surface area contributed by atoms with E-state index in [-0.39, 0.29) is 0 Å². The standard InChI is InChI=1S/C14H15N5/c1-9-2-3-16-6-11(9)7-17-14-5-13-10(4-12(14)15)8-18-19-13/h2-6,8,17H,7,15H2,1H3,(H,18,19). The molecule has 5 nitrogen and oxygen atoms in total. The maximum Gasteiger partial charge on any atom is 0.0672 e. The number of hydrogen-bond acceptors (Lipinski definition) is 4. The van der Waals surface area contributed by atoms with Crippen LogP contribution in [0, 0.1) is 6.92 Å². The Labute approximate surface area is 110 Å². The van der Waals surface area contributed by atoms with Gasteiger partial charge in [0, 0.05) is 24.3 Å². The predicted molar refractivity (Wildman–Crippen MR) is 76.8 cm³/mol. The van der Waals surface area contributed by atoms with E-state index in [0.29, 0.717) is 6.54 Å². The van der Waals surface area contributed by atoms with Crippen molar-refractivity contribution < 1.29 is 0 Å². The van der Waals surface area contributed by atoms with Crippen LogP contribution in [0.15, 0.2) is 36.8 Å². The number of nitrogens with zero attached hydrogens (tertiary/aromatic N) is 2. The second kappa shape index (κ2) is 4.61. The first kappa shape index (κ1) is 11.5. The maximum absolute atomic E-state index is 6.03. The molecule has 2 aromatic heterocycles. The minimum absolute atomic E-state index is 0.698. The van der Waals surface area contributed by atoms with E-state index in [9.17, 15) is 0 Å². The number of nitrogens with two attached hydrogens (primary N) is 1. The topological polar surface area (TPSA) is 79.6 Å². The number of aromatic nitrogens is 3. The zero-order valence-electron chi connectivity index (χ0n) is 10.6. The number of aryl methyl sites for hydroxylation is 1. The first-order valence-corrected chi connectivity index (χ1v) is 6.10. The van der Waals surface area contributed by atoms with Gasteiger partial charge in [-0.1, -0.05) is 0 Å². The summed E-state index contributed by atoms with van der Waals surface area (Å²) < 4.78 is 0. The van der Waals surface area contributed by atoms with E-state index < -0.39 is 0 Å². The minimum Gasteiger partial charge on any atom is -0.397 e. The third kappa shape index (κ3) is 2.22. The highest BCUT2D eigenvalue weighted by Crippen LogP contribution is 2.25. The molecule has 0 aliphatic rings. The van der Waals surface area contributed by atoms with Crippen LogP contribution >= 0.6 is 0 Å². The number of benzene rings is 1. The average Bonchev–Trinajstić information content (AvgIpc) is 2.84. The van der Waals surface area contributed by atoms with Gasteiger partial charge in [0.15, 0.2) is 0 Å². The summed E-state index contributed by atoms with van der Waals surface area (Å²) in [5.74, 6) is 0. The van der Waals surface area contributed by atoms with Crippen LogP contribution < -0.4 is 11.1 Å². The van der Waals surface area contributed by atoms with Crippen LogP contribution in [-0.2, 0) is 6.54 Å². The van der Waals surface area contributed by atoms with Gasteiger partial charge in [-0.25, -0.2) is 0 Å². The van der Waals surface area contributed by atoms with Crippen molar-refractivity contribution in [2.45, 2.75) is 13.5 Å².